The fourth-order valence-electron chi connectivity index (χ4n) is 2.37. The molecule has 4 N–H and O–H groups in total. The third kappa shape index (κ3) is 3.27. The Hall–Kier alpha value is -2.08. The fourth-order valence-corrected chi connectivity index (χ4v) is 2.37. The summed E-state index contributed by atoms with van der Waals surface area (Å²) in [4.78, 5) is 24.5. The molecule has 108 valence electrons. The Morgan fingerprint density at radius 2 is 2.00 bits per heavy atom. The van der Waals surface area contributed by atoms with Crippen molar-refractivity contribution in [2.24, 2.45) is 11.7 Å². The first-order valence-corrected chi connectivity index (χ1v) is 6.52. The maximum absolute atomic E-state index is 12.1. The number of phenolic OH excluding ortho intramolecular Hbond substituents is 1. The number of amides is 1. The zero-order valence-corrected chi connectivity index (χ0v) is 11.0. The van der Waals surface area contributed by atoms with Gasteiger partial charge in [-0.05, 0) is 30.5 Å². The summed E-state index contributed by atoms with van der Waals surface area (Å²) in [6.45, 7) is 0.677. The van der Waals surface area contributed by atoms with Crippen LogP contribution >= 0.6 is 0 Å². The Kier molecular flexibility index (Phi) is 4.24. The molecule has 1 fully saturated rings. The Bertz CT molecular complexity index is 500. The van der Waals surface area contributed by atoms with Gasteiger partial charge in [-0.25, -0.2) is 0 Å². The number of phenols is 1. The third-order valence-electron chi connectivity index (χ3n) is 3.56. The summed E-state index contributed by atoms with van der Waals surface area (Å²) in [5.41, 5.74) is 6.75. The van der Waals surface area contributed by atoms with Crippen LogP contribution in [-0.4, -0.2) is 46.1 Å². The summed E-state index contributed by atoms with van der Waals surface area (Å²) >= 11 is 0. The molecular weight excluding hydrogens is 260 g/mol. The van der Waals surface area contributed by atoms with Crippen LogP contribution < -0.4 is 5.73 Å². The Morgan fingerprint density at radius 3 is 2.55 bits per heavy atom. The van der Waals surface area contributed by atoms with E-state index >= 15 is 0 Å². The van der Waals surface area contributed by atoms with Crippen molar-refractivity contribution >= 4 is 11.9 Å². The zero-order valence-electron chi connectivity index (χ0n) is 11.0. The monoisotopic (exact) mass is 278 g/mol. The number of nitrogens with zero attached hydrogens (tertiary/aromatic N) is 1. The van der Waals surface area contributed by atoms with E-state index in [0.29, 0.717) is 19.4 Å². The van der Waals surface area contributed by atoms with Crippen molar-refractivity contribution in [2.75, 3.05) is 13.1 Å². The summed E-state index contributed by atoms with van der Waals surface area (Å²) in [5.74, 6) is -1.41. The molecule has 0 aromatic heterocycles. The first-order valence-electron chi connectivity index (χ1n) is 6.52. The Balaban J connectivity index is 1.92. The average molecular weight is 278 g/mol. The molecule has 1 aromatic rings. The van der Waals surface area contributed by atoms with Gasteiger partial charge in [0.2, 0.25) is 5.91 Å². The van der Waals surface area contributed by atoms with Gasteiger partial charge in [-0.2, -0.15) is 0 Å². The van der Waals surface area contributed by atoms with Gasteiger partial charge in [0.1, 0.15) is 5.75 Å². The average Bonchev–Trinajstić information content (AvgIpc) is 2.90. The summed E-state index contributed by atoms with van der Waals surface area (Å²) in [6.07, 6.45) is 0.848. The van der Waals surface area contributed by atoms with Gasteiger partial charge in [-0.15, -0.1) is 0 Å². The highest BCUT2D eigenvalue weighted by molar-refractivity contribution is 5.83. The molecular formula is C14H18N2O4. The second-order valence-corrected chi connectivity index (χ2v) is 5.09. The molecule has 0 aliphatic carbocycles. The number of carboxylic acids is 1. The first-order chi connectivity index (χ1) is 9.47. The minimum Gasteiger partial charge on any atom is -0.508 e. The lowest BCUT2D eigenvalue weighted by Gasteiger charge is -2.20. The van der Waals surface area contributed by atoms with Gasteiger partial charge in [0, 0.05) is 13.1 Å². The molecule has 1 unspecified atom stereocenters. The van der Waals surface area contributed by atoms with Crippen molar-refractivity contribution in [1.82, 2.24) is 4.90 Å². The van der Waals surface area contributed by atoms with Gasteiger partial charge < -0.3 is 20.8 Å². The molecule has 0 spiro atoms. The van der Waals surface area contributed by atoms with Crippen molar-refractivity contribution in [2.45, 2.75) is 18.9 Å². The number of likely N-dealkylation sites (tertiary alicyclic amines) is 1. The lowest BCUT2D eigenvalue weighted by atomic mass is 10.1. The second-order valence-electron chi connectivity index (χ2n) is 5.09. The van der Waals surface area contributed by atoms with Crippen LogP contribution in [0.5, 0.6) is 5.75 Å². The topological polar surface area (TPSA) is 104 Å². The highest BCUT2D eigenvalue weighted by atomic mass is 16.4. The number of benzene rings is 1. The molecule has 1 aliphatic rings. The van der Waals surface area contributed by atoms with E-state index < -0.39 is 17.9 Å². The molecule has 1 aliphatic heterocycles. The quantitative estimate of drug-likeness (QED) is 0.729. The van der Waals surface area contributed by atoms with E-state index in [9.17, 15) is 14.7 Å². The van der Waals surface area contributed by atoms with Crippen LogP contribution in [-0.2, 0) is 16.0 Å². The molecule has 6 heteroatoms. The third-order valence-corrected chi connectivity index (χ3v) is 3.56. The highest BCUT2D eigenvalue weighted by Gasteiger charge is 2.32. The molecule has 1 aromatic carbocycles. The number of carbonyl (C=O) groups excluding carboxylic acids is 1. The molecule has 1 saturated heterocycles. The molecule has 6 nitrogen and oxygen atoms in total. The van der Waals surface area contributed by atoms with Crippen LogP contribution in [0.1, 0.15) is 12.0 Å². The number of carboxylic acid groups (broad SMARTS) is 1. The van der Waals surface area contributed by atoms with Gasteiger partial charge >= 0.3 is 5.97 Å². The van der Waals surface area contributed by atoms with E-state index in [4.69, 9.17) is 10.8 Å². The minimum absolute atomic E-state index is 0.164. The molecule has 2 rings (SSSR count). The van der Waals surface area contributed by atoms with Crippen LogP contribution in [0.2, 0.25) is 0 Å². The van der Waals surface area contributed by atoms with Gasteiger partial charge in [0.05, 0.1) is 12.0 Å². The van der Waals surface area contributed by atoms with E-state index in [2.05, 4.69) is 0 Å². The molecule has 0 radical (unpaired) electrons. The lowest BCUT2D eigenvalue weighted by molar-refractivity contribution is -0.141. The van der Waals surface area contributed by atoms with Gasteiger partial charge in [-0.1, -0.05) is 12.1 Å². The second kappa shape index (κ2) is 5.92. The van der Waals surface area contributed by atoms with Crippen molar-refractivity contribution in [3.05, 3.63) is 29.8 Å². The maximum Gasteiger partial charge on any atom is 0.308 e. The van der Waals surface area contributed by atoms with E-state index in [1.54, 1.807) is 24.3 Å². The van der Waals surface area contributed by atoms with E-state index in [-0.39, 0.29) is 18.2 Å². The normalized spacial score (nSPS) is 19.9. The highest BCUT2D eigenvalue weighted by Crippen LogP contribution is 2.18. The summed E-state index contributed by atoms with van der Waals surface area (Å²) < 4.78 is 0. The van der Waals surface area contributed by atoms with Gasteiger partial charge in [0.15, 0.2) is 0 Å². The number of carbonyl (C=O) groups is 2. The number of aliphatic carboxylic acids is 1. The number of hydrogen-bond donors (Lipinski definition) is 3. The molecule has 0 saturated carbocycles. The van der Waals surface area contributed by atoms with Crippen molar-refractivity contribution in [1.29, 1.82) is 0 Å². The summed E-state index contributed by atoms with van der Waals surface area (Å²) in [5, 5.41) is 18.1. The van der Waals surface area contributed by atoms with Crippen molar-refractivity contribution < 1.29 is 19.8 Å². The van der Waals surface area contributed by atoms with E-state index in [1.165, 1.54) is 4.90 Å². The number of aromatic hydroxyl groups is 1. The molecule has 1 heterocycles. The predicted octanol–water partition coefficient (Wildman–Crippen LogP) is 0.195. The standard InChI is InChI=1S/C14H18N2O4/c15-12(7-9-1-3-11(17)4-2-9)13(18)16-6-5-10(8-16)14(19)20/h1-4,10,12,17H,5-8,15H2,(H,19,20)/t10?,12-/m0/s1. The molecule has 1 amide bonds. The first kappa shape index (κ1) is 14.3. The maximum atomic E-state index is 12.1. The largest absolute Gasteiger partial charge is 0.508 e. The smallest absolute Gasteiger partial charge is 0.308 e. The van der Waals surface area contributed by atoms with Crippen molar-refractivity contribution in [3.8, 4) is 5.75 Å². The Labute approximate surface area is 116 Å². The molecule has 2 atom stereocenters. The minimum atomic E-state index is -0.868. The summed E-state index contributed by atoms with van der Waals surface area (Å²) in [7, 11) is 0. The van der Waals surface area contributed by atoms with Crippen molar-refractivity contribution in [3.63, 3.8) is 0 Å². The SMILES string of the molecule is N[C@@H](Cc1ccc(O)cc1)C(=O)N1CCC(C(=O)O)C1. The van der Waals surface area contributed by atoms with Crippen LogP contribution in [0.15, 0.2) is 24.3 Å². The van der Waals surface area contributed by atoms with E-state index in [0.717, 1.165) is 5.56 Å². The van der Waals surface area contributed by atoms with Gasteiger partial charge in [-0.3, -0.25) is 9.59 Å². The van der Waals surface area contributed by atoms with Crippen LogP contribution in [0.3, 0.4) is 0 Å². The Morgan fingerprint density at radius 1 is 1.35 bits per heavy atom. The van der Waals surface area contributed by atoms with Crippen LogP contribution in [0, 0.1) is 5.92 Å². The van der Waals surface area contributed by atoms with Gasteiger partial charge in [0.25, 0.3) is 0 Å². The van der Waals surface area contributed by atoms with Crippen LogP contribution in [0.4, 0.5) is 0 Å². The lowest BCUT2D eigenvalue weighted by Crippen LogP contribution is -2.44. The van der Waals surface area contributed by atoms with E-state index in [1.807, 2.05) is 0 Å². The number of nitrogens with two attached hydrogens (primary N) is 1. The predicted molar refractivity (Wildman–Crippen MR) is 72.1 cm³/mol. The number of hydrogen-bond acceptors (Lipinski definition) is 4. The number of rotatable bonds is 4. The summed E-state index contributed by atoms with van der Waals surface area (Å²) in [6, 6.07) is 5.83. The molecule has 0 bridgehead atoms. The fraction of sp³-hybridized carbons (Fsp3) is 0.429. The van der Waals surface area contributed by atoms with Crippen LogP contribution in [0.25, 0.3) is 0 Å². The molecule has 20 heavy (non-hydrogen) atoms. The zero-order chi connectivity index (χ0) is 14.7.